The van der Waals surface area contributed by atoms with Gasteiger partial charge in [-0.2, -0.15) is 0 Å². The number of carbonyl (C=O) groups excluding carboxylic acids is 2. The van der Waals surface area contributed by atoms with Crippen LogP contribution < -0.4 is 0 Å². The topological polar surface area (TPSA) is 46.6 Å². The first-order chi connectivity index (χ1) is 6.22. The van der Waals surface area contributed by atoms with Gasteiger partial charge in [0.2, 0.25) is 0 Å². The largest absolute Gasteiger partial charge is 0.449 e. The summed E-state index contributed by atoms with van der Waals surface area (Å²) in [5, 5.41) is 0. The third kappa shape index (κ3) is 1.22. The summed E-state index contributed by atoms with van der Waals surface area (Å²) in [5.74, 6) is 0.172. The van der Waals surface area contributed by atoms with Crippen LogP contribution >= 0.6 is 0 Å². The number of ketones is 1. The normalized spacial score (nSPS) is 25.0. The molecule has 0 saturated heterocycles. The fraction of sp³-hybridized carbons (Fsp3) is 0.556. The van der Waals surface area contributed by atoms with Gasteiger partial charge in [-0.25, -0.2) is 4.79 Å². The van der Waals surface area contributed by atoms with E-state index < -0.39 is 0 Å². The van der Waals surface area contributed by atoms with Crippen LogP contribution in [0, 0.1) is 0 Å². The maximum atomic E-state index is 11.3. The third-order valence-corrected chi connectivity index (χ3v) is 2.40. The van der Waals surface area contributed by atoms with E-state index in [4.69, 9.17) is 4.74 Å². The molecule has 0 aromatic carbocycles. The van der Waals surface area contributed by atoms with Gasteiger partial charge in [0.25, 0.3) is 0 Å². The molecule has 1 aliphatic carbocycles. The number of hydrogen-bond donors (Lipinski definition) is 0. The van der Waals surface area contributed by atoms with Crippen molar-refractivity contribution in [3.63, 3.8) is 0 Å². The van der Waals surface area contributed by atoms with E-state index in [1.54, 1.807) is 13.1 Å². The molecule has 1 unspecified atom stereocenters. The van der Waals surface area contributed by atoms with Gasteiger partial charge in [0.05, 0.1) is 12.6 Å². The molecule has 4 nitrogen and oxygen atoms in total. The quantitative estimate of drug-likeness (QED) is 0.608. The standard InChI is InChI=1S/C9H11NO3/c1-2-13-9(12)10-5-6-3-7(10)4-8(6)11/h5,7H,2-4H2,1H3. The lowest BCUT2D eigenvalue weighted by Crippen LogP contribution is -2.34. The van der Waals surface area contributed by atoms with Crippen molar-refractivity contribution in [2.75, 3.05) is 6.61 Å². The highest BCUT2D eigenvalue weighted by Gasteiger charge is 2.40. The number of nitrogens with zero attached hydrogens (tertiary/aromatic N) is 1. The molecule has 2 bridgehead atoms. The number of hydrogen-bond acceptors (Lipinski definition) is 3. The molecule has 1 fully saturated rings. The first-order valence-electron chi connectivity index (χ1n) is 4.41. The lowest BCUT2D eigenvalue weighted by Gasteiger charge is -2.21. The predicted octanol–water partition coefficient (Wildman–Crippen LogP) is 1.07. The second-order valence-corrected chi connectivity index (χ2v) is 3.25. The van der Waals surface area contributed by atoms with Crippen LogP contribution in [0.25, 0.3) is 0 Å². The number of rotatable bonds is 1. The monoisotopic (exact) mass is 181 g/mol. The van der Waals surface area contributed by atoms with Crippen LogP contribution in [0.3, 0.4) is 0 Å². The third-order valence-electron chi connectivity index (χ3n) is 2.40. The van der Waals surface area contributed by atoms with E-state index in [1.165, 1.54) is 4.90 Å². The Morgan fingerprint density at radius 1 is 1.69 bits per heavy atom. The van der Waals surface area contributed by atoms with Crippen molar-refractivity contribution < 1.29 is 14.3 Å². The zero-order valence-corrected chi connectivity index (χ0v) is 7.45. The van der Waals surface area contributed by atoms with E-state index in [2.05, 4.69) is 0 Å². The summed E-state index contributed by atoms with van der Waals surface area (Å²) in [7, 11) is 0. The Labute approximate surface area is 76.2 Å². The first-order valence-corrected chi connectivity index (χ1v) is 4.41. The molecular formula is C9H11NO3. The zero-order chi connectivity index (χ0) is 9.42. The summed E-state index contributed by atoms with van der Waals surface area (Å²) in [6, 6.07) is 0.0292. The molecule has 1 aliphatic heterocycles. The minimum absolute atomic E-state index is 0.0292. The Morgan fingerprint density at radius 2 is 2.46 bits per heavy atom. The van der Waals surface area contributed by atoms with Crippen molar-refractivity contribution in [3.8, 4) is 0 Å². The summed E-state index contributed by atoms with van der Waals surface area (Å²) in [4.78, 5) is 23.9. The molecule has 1 atom stereocenters. The molecule has 4 heteroatoms. The highest BCUT2D eigenvalue weighted by Crippen LogP contribution is 2.33. The molecular weight excluding hydrogens is 170 g/mol. The van der Waals surface area contributed by atoms with Crippen molar-refractivity contribution in [2.24, 2.45) is 0 Å². The van der Waals surface area contributed by atoms with Crippen LogP contribution in [-0.2, 0) is 9.53 Å². The Morgan fingerprint density at radius 3 is 2.92 bits per heavy atom. The van der Waals surface area contributed by atoms with E-state index in [0.29, 0.717) is 19.4 Å². The summed E-state index contributed by atoms with van der Waals surface area (Å²) in [6.45, 7) is 2.14. The van der Waals surface area contributed by atoms with Crippen LogP contribution in [0.15, 0.2) is 11.8 Å². The number of ether oxygens (including phenoxy) is 1. The predicted molar refractivity (Wildman–Crippen MR) is 45.0 cm³/mol. The maximum absolute atomic E-state index is 11.3. The van der Waals surface area contributed by atoms with E-state index in [0.717, 1.165) is 5.57 Å². The second-order valence-electron chi connectivity index (χ2n) is 3.25. The molecule has 13 heavy (non-hydrogen) atoms. The fourth-order valence-electron chi connectivity index (χ4n) is 1.78. The summed E-state index contributed by atoms with van der Waals surface area (Å²) < 4.78 is 4.84. The second kappa shape index (κ2) is 2.87. The summed E-state index contributed by atoms with van der Waals surface area (Å²) in [6.07, 6.45) is 2.45. The van der Waals surface area contributed by atoms with E-state index in [9.17, 15) is 9.59 Å². The minimum atomic E-state index is -0.338. The highest BCUT2D eigenvalue weighted by atomic mass is 16.6. The Bertz CT molecular complexity index is 293. The average Bonchev–Trinajstić information content (AvgIpc) is 2.62. The van der Waals surface area contributed by atoms with Crippen molar-refractivity contribution in [1.82, 2.24) is 4.90 Å². The molecule has 1 saturated carbocycles. The average molecular weight is 181 g/mol. The van der Waals surface area contributed by atoms with Crippen LogP contribution in [-0.4, -0.2) is 29.4 Å². The molecule has 1 amide bonds. The van der Waals surface area contributed by atoms with Gasteiger partial charge in [-0.05, 0) is 13.3 Å². The SMILES string of the molecule is CCOC(=O)N1C=C2CC1CC2=O. The number of Topliss-reactive ketones (excluding diaryl/α,β-unsaturated/α-hetero) is 1. The van der Waals surface area contributed by atoms with Gasteiger partial charge in [0, 0.05) is 18.2 Å². The molecule has 0 N–H and O–H groups in total. The molecule has 70 valence electrons. The van der Waals surface area contributed by atoms with Gasteiger partial charge in [-0.1, -0.05) is 0 Å². The molecule has 2 rings (SSSR count). The Kier molecular flexibility index (Phi) is 1.83. The van der Waals surface area contributed by atoms with Gasteiger partial charge in [0.1, 0.15) is 0 Å². The number of amides is 1. The molecule has 0 radical (unpaired) electrons. The summed E-state index contributed by atoms with van der Waals surface area (Å²) in [5.41, 5.74) is 0.762. The molecule has 0 aromatic rings. The fourth-order valence-corrected chi connectivity index (χ4v) is 1.78. The zero-order valence-electron chi connectivity index (χ0n) is 7.45. The van der Waals surface area contributed by atoms with Crippen molar-refractivity contribution in [2.45, 2.75) is 25.8 Å². The molecule has 0 aromatic heterocycles. The number of carbonyl (C=O) groups is 2. The van der Waals surface area contributed by atoms with E-state index in [-0.39, 0.29) is 17.9 Å². The van der Waals surface area contributed by atoms with Crippen LogP contribution in [0.5, 0.6) is 0 Å². The van der Waals surface area contributed by atoms with Gasteiger partial charge in [0.15, 0.2) is 5.78 Å². The van der Waals surface area contributed by atoms with E-state index >= 15 is 0 Å². The summed E-state index contributed by atoms with van der Waals surface area (Å²) >= 11 is 0. The van der Waals surface area contributed by atoms with Crippen LogP contribution in [0.2, 0.25) is 0 Å². The number of fused-ring (bicyclic) bond motifs is 2. The van der Waals surface area contributed by atoms with Crippen molar-refractivity contribution in [1.29, 1.82) is 0 Å². The first kappa shape index (κ1) is 8.29. The smallest absolute Gasteiger partial charge is 0.414 e. The van der Waals surface area contributed by atoms with Crippen molar-refractivity contribution in [3.05, 3.63) is 11.8 Å². The molecule has 0 spiro atoms. The highest BCUT2D eigenvalue weighted by molar-refractivity contribution is 6.00. The lowest BCUT2D eigenvalue weighted by atomic mass is 10.2. The van der Waals surface area contributed by atoms with Crippen LogP contribution in [0.1, 0.15) is 19.8 Å². The Hall–Kier alpha value is -1.32. The maximum Gasteiger partial charge on any atom is 0.414 e. The Balaban J connectivity index is 2.09. The lowest BCUT2D eigenvalue weighted by molar-refractivity contribution is -0.115. The van der Waals surface area contributed by atoms with Crippen molar-refractivity contribution >= 4 is 11.9 Å². The minimum Gasteiger partial charge on any atom is -0.449 e. The van der Waals surface area contributed by atoms with Gasteiger partial charge in [-0.15, -0.1) is 0 Å². The van der Waals surface area contributed by atoms with Gasteiger partial charge in [-0.3, -0.25) is 9.69 Å². The molecule has 1 heterocycles. The molecule has 2 aliphatic rings. The van der Waals surface area contributed by atoms with Gasteiger partial charge < -0.3 is 4.74 Å². The van der Waals surface area contributed by atoms with E-state index in [1.807, 2.05) is 0 Å². The van der Waals surface area contributed by atoms with Gasteiger partial charge >= 0.3 is 6.09 Å². The van der Waals surface area contributed by atoms with Crippen LogP contribution in [0.4, 0.5) is 4.79 Å².